The maximum Gasteiger partial charge on any atom is 0.340 e. The van der Waals surface area contributed by atoms with Gasteiger partial charge in [-0.3, -0.25) is 0 Å². The number of ether oxygens (including phenoxy) is 1. The van der Waals surface area contributed by atoms with E-state index in [0.29, 0.717) is 11.3 Å². The van der Waals surface area contributed by atoms with E-state index in [9.17, 15) is 4.79 Å². The van der Waals surface area contributed by atoms with Crippen LogP contribution in [0.1, 0.15) is 36.5 Å². The molecule has 0 amide bonds. The molecule has 1 heterocycles. The Bertz CT molecular complexity index is 459. The maximum absolute atomic E-state index is 11.7. The summed E-state index contributed by atoms with van der Waals surface area (Å²) in [5, 5.41) is 0. The molecule has 0 radical (unpaired) electrons. The van der Waals surface area contributed by atoms with Crippen LogP contribution in [0, 0.1) is 5.92 Å². The molecule has 0 aromatic heterocycles. The Morgan fingerprint density at radius 3 is 2.89 bits per heavy atom. The van der Waals surface area contributed by atoms with Gasteiger partial charge in [0.25, 0.3) is 0 Å². The molecule has 1 saturated heterocycles. The minimum absolute atomic E-state index is 0.373. The van der Waals surface area contributed by atoms with Crippen molar-refractivity contribution >= 4 is 17.3 Å². The Hall–Kier alpha value is -1.71. The lowest BCUT2D eigenvalue weighted by Gasteiger charge is -2.23. The molecular formula is C15H22N2O2. The van der Waals surface area contributed by atoms with E-state index < -0.39 is 0 Å². The first-order valence-electron chi connectivity index (χ1n) is 6.84. The lowest BCUT2D eigenvalue weighted by atomic mass is 10.0. The van der Waals surface area contributed by atoms with E-state index in [2.05, 4.69) is 11.8 Å². The van der Waals surface area contributed by atoms with Crippen molar-refractivity contribution < 1.29 is 9.53 Å². The smallest absolute Gasteiger partial charge is 0.340 e. The number of esters is 1. The van der Waals surface area contributed by atoms with Crippen LogP contribution in [0.15, 0.2) is 18.2 Å². The van der Waals surface area contributed by atoms with Crippen LogP contribution in [0.4, 0.5) is 11.4 Å². The van der Waals surface area contributed by atoms with Gasteiger partial charge in [-0.2, -0.15) is 0 Å². The van der Waals surface area contributed by atoms with Gasteiger partial charge < -0.3 is 15.4 Å². The van der Waals surface area contributed by atoms with Gasteiger partial charge in [-0.1, -0.05) is 6.92 Å². The fourth-order valence-electron chi connectivity index (χ4n) is 2.55. The molecule has 0 aliphatic carbocycles. The summed E-state index contributed by atoms with van der Waals surface area (Å²) < 4.78 is 4.76. The van der Waals surface area contributed by atoms with E-state index in [1.165, 1.54) is 26.4 Å². The molecule has 19 heavy (non-hydrogen) atoms. The Labute approximate surface area is 114 Å². The summed E-state index contributed by atoms with van der Waals surface area (Å²) >= 11 is 0. The number of benzene rings is 1. The molecule has 1 aromatic rings. The number of hydrogen-bond acceptors (Lipinski definition) is 4. The van der Waals surface area contributed by atoms with Gasteiger partial charge in [0.05, 0.1) is 12.7 Å². The van der Waals surface area contributed by atoms with Crippen molar-refractivity contribution in [2.24, 2.45) is 5.92 Å². The van der Waals surface area contributed by atoms with E-state index in [1.807, 2.05) is 12.1 Å². The fourth-order valence-corrected chi connectivity index (χ4v) is 2.55. The largest absolute Gasteiger partial charge is 0.465 e. The second-order valence-electron chi connectivity index (χ2n) is 5.29. The van der Waals surface area contributed by atoms with Crippen molar-refractivity contribution in [1.82, 2.24) is 0 Å². The van der Waals surface area contributed by atoms with Gasteiger partial charge >= 0.3 is 5.97 Å². The molecule has 1 aromatic carbocycles. The third-order valence-electron chi connectivity index (χ3n) is 3.82. The summed E-state index contributed by atoms with van der Waals surface area (Å²) in [4.78, 5) is 14.0. The van der Waals surface area contributed by atoms with E-state index in [1.54, 1.807) is 6.07 Å². The topological polar surface area (TPSA) is 55.6 Å². The van der Waals surface area contributed by atoms with Crippen LogP contribution in [0.2, 0.25) is 0 Å². The Morgan fingerprint density at radius 2 is 2.16 bits per heavy atom. The molecule has 1 aliphatic heterocycles. The molecule has 4 heteroatoms. The van der Waals surface area contributed by atoms with Crippen molar-refractivity contribution in [2.45, 2.75) is 26.2 Å². The van der Waals surface area contributed by atoms with Crippen LogP contribution in [0.3, 0.4) is 0 Å². The highest BCUT2D eigenvalue weighted by atomic mass is 16.5. The third-order valence-corrected chi connectivity index (χ3v) is 3.82. The first-order valence-corrected chi connectivity index (χ1v) is 6.84. The normalized spacial score (nSPS) is 19.9. The highest BCUT2D eigenvalue weighted by molar-refractivity contribution is 5.96. The van der Waals surface area contributed by atoms with Crippen molar-refractivity contribution in [3.8, 4) is 0 Å². The number of nitrogens with two attached hydrogens (primary N) is 1. The van der Waals surface area contributed by atoms with Crippen LogP contribution >= 0.6 is 0 Å². The van der Waals surface area contributed by atoms with Crippen molar-refractivity contribution in [1.29, 1.82) is 0 Å². The highest BCUT2D eigenvalue weighted by Gasteiger charge is 2.17. The van der Waals surface area contributed by atoms with Crippen LogP contribution in [-0.4, -0.2) is 26.2 Å². The average Bonchev–Trinajstić information content (AvgIpc) is 2.63. The predicted molar refractivity (Wildman–Crippen MR) is 77.4 cm³/mol. The predicted octanol–water partition coefficient (Wildman–Crippen LogP) is 2.68. The van der Waals surface area contributed by atoms with Gasteiger partial charge in [0.2, 0.25) is 0 Å². The van der Waals surface area contributed by atoms with Gasteiger partial charge in [-0.25, -0.2) is 4.79 Å². The van der Waals surface area contributed by atoms with E-state index in [-0.39, 0.29) is 5.97 Å². The number of methoxy groups -OCH3 is 1. The molecule has 4 nitrogen and oxygen atoms in total. The average molecular weight is 262 g/mol. The number of nitrogens with zero attached hydrogens (tertiary/aromatic N) is 1. The Balaban J connectivity index is 2.22. The summed E-state index contributed by atoms with van der Waals surface area (Å²) in [6.07, 6.45) is 3.66. The number of anilines is 2. The zero-order chi connectivity index (χ0) is 13.8. The lowest BCUT2D eigenvalue weighted by Crippen LogP contribution is -2.24. The van der Waals surface area contributed by atoms with Gasteiger partial charge in [0.15, 0.2) is 0 Å². The number of hydrogen-bond donors (Lipinski definition) is 1. The first kappa shape index (κ1) is 13.7. The van der Waals surface area contributed by atoms with E-state index in [4.69, 9.17) is 10.5 Å². The second-order valence-corrected chi connectivity index (χ2v) is 5.29. The van der Waals surface area contributed by atoms with Gasteiger partial charge in [-0.15, -0.1) is 0 Å². The number of rotatable bonds is 2. The minimum Gasteiger partial charge on any atom is -0.465 e. The summed E-state index contributed by atoms with van der Waals surface area (Å²) in [6, 6.07) is 5.62. The van der Waals surface area contributed by atoms with Crippen LogP contribution in [0.25, 0.3) is 0 Å². The van der Waals surface area contributed by atoms with Crippen molar-refractivity contribution in [2.75, 3.05) is 30.8 Å². The fraction of sp³-hybridized carbons (Fsp3) is 0.533. The van der Waals surface area contributed by atoms with Crippen LogP contribution in [0.5, 0.6) is 0 Å². The minimum atomic E-state index is -0.373. The zero-order valence-electron chi connectivity index (χ0n) is 11.7. The summed E-state index contributed by atoms with van der Waals surface area (Å²) in [6.45, 7) is 4.37. The molecular weight excluding hydrogens is 240 g/mol. The third kappa shape index (κ3) is 3.19. The number of nitrogen functional groups attached to an aromatic ring is 1. The van der Waals surface area contributed by atoms with Gasteiger partial charge in [-0.05, 0) is 43.4 Å². The van der Waals surface area contributed by atoms with Crippen LogP contribution < -0.4 is 10.6 Å². The van der Waals surface area contributed by atoms with Crippen LogP contribution in [-0.2, 0) is 4.74 Å². The summed E-state index contributed by atoms with van der Waals surface area (Å²) in [5.74, 6) is 0.404. The van der Waals surface area contributed by atoms with Gasteiger partial charge in [0, 0.05) is 24.5 Å². The zero-order valence-corrected chi connectivity index (χ0v) is 11.7. The van der Waals surface area contributed by atoms with E-state index >= 15 is 0 Å². The molecule has 1 fully saturated rings. The molecule has 0 saturated carbocycles. The molecule has 1 atom stereocenters. The van der Waals surface area contributed by atoms with Crippen molar-refractivity contribution in [3.63, 3.8) is 0 Å². The highest BCUT2D eigenvalue weighted by Crippen LogP contribution is 2.25. The van der Waals surface area contributed by atoms with Gasteiger partial charge in [0.1, 0.15) is 0 Å². The molecule has 2 N–H and O–H groups in total. The molecule has 0 spiro atoms. The summed E-state index contributed by atoms with van der Waals surface area (Å²) in [5.41, 5.74) is 7.81. The SMILES string of the molecule is COC(=O)c1cc(N2CCCC(C)CC2)ccc1N. The molecule has 1 aliphatic rings. The molecule has 0 bridgehead atoms. The Morgan fingerprint density at radius 1 is 1.37 bits per heavy atom. The monoisotopic (exact) mass is 262 g/mol. The second kappa shape index (κ2) is 5.95. The molecule has 2 rings (SSSR count). The Kier molecular flexibility index (Phi) is 4.30. The first-order chi connectivity index (χ1) is 9.11. The molecule has 1 unspecified atom stereocenters. The lowest BCUT2D eigenvalue weighted by molar-refractivity contribution is 0.0602. The van der Waals surface area contributed by atoms with E-state index in [0.717, 1.165) is 24.7 Å². The number of carbonyl (C=O) groups excluding carboxylic acids is 1. The number of carbonyl (C=O) groups is 1. The quantitative estimate of drug-likeness (QED) is 0.657. The van der Waals surface area contributed by atoms with Crippen molar-refractivity contribution in [3.05, 3.63) is 23.8 Å². The maximum atomic E-state index is 11.7. The standard InChI is InChI=1S/C15H22N2O2/c1-11-4-3-8-17(9-7-11)12-5-6-14(16)13(10-12)15(18)19-2/h5-6,10-11H,3-4,7-9,16H2,1-2H3. The molecule has 104 valence electrons. The summed E-state index contributed by atoms with van der Waals surface area (Å²) in [7, 11) is 1.38.